The standard InChI is InChI=1S/C16H24N4O3/c1-14(2)10(15(14,3)4)11(21)20-5-9-6-22-8-16(9,7-20)12-18-19-13(17)23-12/h9-10H,5-8H2,1-4H3,(H2,17,19)/t9-,16-/m0/s1. The van der Waals surface area contributed by atoms with Crippen LogP contribution < -0.4 is 5.73 Å². The summed E-state index contributed by atoms with van der Waals surface area (Å²) >= 11 is 0. The van der Waals surface area contributed by atoms with Crippen LogP contribution in [0.25, 0.3) is 0 Å². The monoisotopic (exact) mass is 320 g/mol. The molecule has 0 radical (unpaired) electrons. The summed E-state index contributed by atoms with van der Waals surface area (Å²) in [5, 5.41) is 7.87. The molecule has 0 bridgehead atoms. The fourth-order valence-electron chi connectivity index (χ4n) is 4.64. The fourth-order valence-corrected chi connectivity index (χ4v) is 4.64. The summed E-state index contributed by atoms with van der Waals surface area (Å²) in [5.41, 5.74) is 5.27. The summed E-state index contributed by atoms with van der Waals surface area (Å²) in [5.74, 6) is 0.999. The van der Waals surface area contributed by atoms with Crippen LogP contribution in [0.15, 0.2) is 4.42 Å². The fraction of sp³-hybridized carbons (Fsp3) is 0.812. The molecule has 4 rings (SSSR count). The first-order valence-corrected chi connectivity index (χ1v) is 8.16. The number of anilines is 1. The van der Waals surface area contributed by atoms with Crippen molar-refractivity contribution in [2.24, 2.45) is 22.7 Å². The lowest BCUT2D eigenvalue weighted by molar-refractivity contribution is -0.133. The molecule has 0 spiro atoms. The number of likely N-dealkylation sites (tertiary alicyclic amines) is 1. The number of nitrogen functional groups attached to an aromatic ring is 1. The summed E-state index contributed by atoms with van der Waals surface area (Å²) in [6.07, 6.45) is 0. The SMILES string of the molecule is CC1(C)C(C(=O)N2C[C@H]3COC[C@@]3(c3nnc(N)o3)C2)C1(C)C. The van der Waals surface area contributed by atoms with Crippen LogP contribution in [0.3, 0.4) is 0 Å². The molecule has 0 aromatic carbocycles. The number of hydrogen-bond acceptors (Lipinski definition) is 6. The van der Waals surface area contributed by atoms with Crippen LogP contribution in [0.4, 0.5) is 6.01 Å². The van der Waals surface area contributed by atoms with Crippen LogP contribution in [0.1, 0.15) is 33.6 Å². The first kappa shape index (κ1) is 14.9. The van der Waals surface area contributed by atoms with Crippen molar-refractivity contribution in [3.05, 3.63) is 5.89 Å². The highest BCUT2D eigenvalue weighted by Crippen LogP contribution is 2.69. The Hall–Kier alpha value is -1.63. The van der Waals surface area contributed by atoms with Crippen molar-refractivity contribution >= 4 is 11.9 Å². The van der Waals surface area contributed by atoms with Crippen molar-refractivity contribution in [1.82, 2.24) is 15.1 Å². The Balaban J connectivity index is 1.60. The van der Waals surface area contributed by atoms with E-state index in [1.54, 1.807) is 0 Å². The maximum absolute atomic E-state index is 13.0. The molecule has 2 atom stereocenters. The van der Waals surface area contributed by atoms with Crippen LogP contribution in [0.2, 0.25) is 0 Å². The molecule has 3 heterocycles. The average Bonchev–Trinajstić information content (AvgIpc) is 2.96. The summed E-state index contributed by atoms with van der Waals surface area (Å²) in [4.78, 5) is 15.0. The molecular weight excluding hydrogens is 296 g/mol. The van der Waals surface area contributed by atoms with Gasteiger partial charge in [0.1, 0.15) is 0 Å². The third-order valence-electron chi connectivity index (χ3n) is 6.82. The van der Waals surface area contributed by atoms with Gasteiger partial charge in [-0.05, 0) is 10.8 Å². The third-order valence-corrected chi connectivity index (χ3v) is 6.82. The molecule has 2 N–H and O–H groups in total. The predicted octanol–water partition coefficient (Wildman–Crippen LogP) is 1.06. The van der Waals surface area contributed by atoms with E-state index in [0.29, 0.717) is 32.2 Å². The van der Waals surface area contributed by atoms with E-state index < -0.39 is 5.41 Å². The maximum atomic E-state index is 13.0. The summed E-state index contributed by atoms with van der Waals surface area (Å²) in [7, 11) is 0. The molecule has 2 aliphatic heterocycles. The number of rotatable bonds is 2. The molecule has 7 heteroatoms. The molecule has 7 nitrogen and oxygen atoms in total. The molecule has 1 saturated carbocycles. The Kier molecular flexibility index (Phi) is 2.76. The van der Waals surface area contributed by atoms with Crippen LogP contribution in [0.5, 0.6) is 0 Å². The number of amides is 1. The lowest BCUT2D eigenvalue weighted by atomic mass is 9.81. The predicted molar refractivity (Wildman–Crippen MR) is 82.3 cm³/mol. The molecule has 1 aromatic heterocycles. The van der Waals surface area contributed by atoms with Gasteiger partial charge >= 0.3 is 6.01 Å². The third kappa shape index (κ3) is 1.77. The van der Waals surface area contributed by atoms with Crippen molar-refractivity contribution in [1.29, 1.82) is 0 Å². The zero-order chi connectivity index (χ0) is 16.6. The second-order valence-electron chi connectivity index (χ2n) is 8.41. The van der Waals surface area contributed by atoms with Crippen LogP contribution in [-0.4, -0.2) is 47.3 Å². The molecule has 2 saturated heterocycles. The van der Waals surface area contributed by atoms with Gasteiger partial charge in [-0.1, -0.05) is 32.8 Å². The number of nitrogens with zero attached hydrogens (tertiary/aromatic N) is 3. The molecule has 0 unspecified atom stereocenters. The van der Waals surface area contributed by atoms with E-state index in [4.69, 9.17) is 14.9 Å². The highest BCUT2D eigenvalue weighted by molar-refractivity contribution is 5.84. The van der Waals surface area contributed by atoms with Crippen LogP contribution in [-0.2, 0) is 14.9 Å². The van der Waals surface area contributed by atoms with Crippen molar-refractivity contribution in [3.63, 3.8) is 0 Å². The van der Waals surface area contributed by atoms with Crippen molar-refractivity contribution in [2.75, 3.05) is 32.0 Å². The molecule has 1 amide bonds. The van der Waals surface area contributed by atoms with E-state index in [-0.39, 0.29) is 34.6 Å². The van der Waals surface area contributed by atoms with Gasteiger partial charge in [0.2, 0.25) is 11.8 Å². The molecule has 23 heavy (non-hydrogen) atoms. The van der Waals surface area contributed by atoms with E-state index in [2.05, 4.69) is 37.9 Å². The molecule has 1 aromatic rings. The Morgan fingerprint density at radius 2 is 1.96 bits per heavy atom. The van der Waals surface area contributed by atoms with E-state index >= 15 is 0 Å². The lowest BCUT2D eigenvalue weighted by Crippen LogP contribution is -2.38. The number of fused-ring (bicyclic) bond motifs is 1. The number of hydrogen-bond donors (Lipinski definition) is 1. The number of carbonyl (C=O) groups is 1. The maximum Gasteiger partial charge on any atom is 0.312 e. The summed E-state index contributed by atoms with van der Waals surface area (Å²) < 4.78 is 11.2. The number of aromatic nitrogens is 2. The highest BCUT2D eigenvalue weighted by atomic mass is 16.5. The average molecular weight is 320 g/mol. The molecular formula is C16H24N4O3. The van der Waals surface area contributed by atoms with Gasteiger partial charge in [0.15, 0.2) is 0 Å². The molecule has 3 fully saturated rings. The lowest BCUT2D eigenvalue weighted by Gasteiger charge is -2.23. The Morgan fingerprint density at radius 1 is 1.26 bits per heavy atom. The highest BCUT2D eigenvalue weighted by Gasteiger charge is 2.70. The van der Waals surface area contributed by atoms with Crippen molar-refractivity contribution < 1.29 is 13.9 Å². The summed E-state index contributed by atoms with van der Waals surface area (Å²) in [6, 6.07) is 0.0641. The number of nitrogens with two attached hydrogens (primary N) is 1. The largest absolute Gasteiger partial charge is 0.407 e. The van der Waals surface area contributed by atoms with Crippen LogP contribution in [0, 0.1) is 22.7 Å². The zero-order valence-electron chi connectivity index (χ0n) is 14.1. The minimum absolute atomic E-state index is 0.0420. The van der Waals surface area contributed by atoms with E-state index in [1.165, 1.54) is 0 Å². The topological polar surface area (TPSA) is 94.5 Å². The smallest absolute Gasteiger partial charge is 0.312 e. The zero-order valence-corrected chi connectivity index (χ0v) is 14.1. The quantitative estimate of drug-likeness (QED) is 0.875. The van der Waals surface area contributed by atoms with E-state index in [0.717, 1.165) is 0 Å². The van der Waals surface area contributed by atoms with E-state index in [1.807, 2.05) is 4.90 Å². The Labute approximate surface area is 135 Å². The number of carbonyl (C=O) groups excluding carboxylic acids is 1. The Morgan fingerprint density at radius 3 is 2.52 bits per heavy atom. The van der Waals surface area contributed by atoms with Gasteiger partial charge in [0.05, 0.1) is 18.6 Å². The summed E-state index contributed by atoms with van der Waals surface area (Å²) in [6.45, 7) is 11.1. The van der Waals surface area contributed by atoms with Gasteiger partial charge in [-0.25, -0.2) is 0 Å². The van der Waals surface area contributed by atoms with Gasteiger partial charge in [0, 0.05) is 24.9 Å². The second-order valence-corrected chi connectivity index (χ2v) is 8.41. The first-order valence-electron chi connectivity index (χ1n) is 8.16. The minimum Gasteiger partial charge on any atom is -0.407 e. The normalized spacial score (nSPS) is 34.6. The molecule has 1 aliphatic carbocycles. The Bertz CT molecular complexity index is 654. The number of ether oxygens (including phenoxy) is 1. The second kappa shape index (κ2) is 4.26. The minimum atomic E-state index is -0.399. The first-order chi connectivity index (χ1) is 10.7. The van der Waals surface area contributed by atoms with Gasteiger partial charge in [-0.3, -0.25) is 4.79 Å². The molecule has 126 valence electrons. The van der Waals surface area contributed by atoms with Crippen LogP contribution >= 0.6 is 0 Å². The van der Waals surface area contributed by atoms with Gasteiger partial charge in [0.25, 0.3) is 0 Å². The van der Waals surface area contributed by atoms with Crippen molar-refractivity contribution in [2.45, 2.75) is 33.1 Å². The van der Waals surface area contributed by atoms with Gasteiger partial charge in [-0.2, -0.15) is 0 Å². The molecule has 3 aliphatic rings. The van der Waals surface area contributed by atoms with Gasteiger partial charge in [-0.15, -0.1) is 5.10 Å². The van der Waals surface area contributed by atoms with E-state index in [9.17, 15) is 4.79 Å². The van der Waals surface area contributed by atoms with Gasteiger partial charge < -0.3 is 19.8 Å². The van der Waals surface area contributed by atoms with Crippen molar-refractivity contribution in [3.8, 4) is 0 Å².